The standard InChI is InChI=1S/C33H31N5O6S3/c39-45(26-14-6-2-7-15-26)44-33(31-36-19-20-37-31)28(24-11-10-18-34-23-24)29(47(41,42)27-16-8-3-9-17-27)30-35-21-22-38(30)32(33)46(40)43-25-12-4-1-5-13-25/h1-18,23,28,32,35H,19-22H2,(H,36,37)/t28-,32-,33-,45-,46+/m1/s1. The molecular weight excluding hydrogens is 659 g/mol. The largest absolute Gasteiger partial charge is 0.399 e. The van der Waals surface area contributed by atoms with Crippen molar-refractivity contribution >= 4 is 37.8 Å². The Balaban J connectivity index is 1.55. The zero-order valence-corrected chi connectivity index (χ0v) is 27.4. The topological polar surface area (TPSA) is 139 Å². The summed E-state index contributed by atoms with van der Waals surface area (Å²) in [4.78, 5) is 11.2. The molecule has 0 bridgehead atoms. The smallest absolute Gasteiger partial charge is 0.233 e. The number of hydrogen-bond acceptors (Lipinski definition) is 11. The van der Waals surface area contributed by atoms with Gasteiger partial charge in [-0.05, 0) is 48.0 Å². The molecule has 47 heavy (non-hydrogen) atoms. The molecule has 1 fully saturated rings. The Morgan fingerprint density at radius 2 is 1.55 bits per heavy atom. The Morgan fingerprint density at radius 3 is 2.21 bits per heavy atom. The number of rotatable bonds is 10. The van der Waals surface area contributed by atoms with Gasteiger partial charge in [0.15, 0.2) is 22.1 Å². The molecule has 1 aromatic heterocycles. The highest BCUT2D eigenvalue weighted by molar-refractivity contribution is 7.95. The second-order valence-corrected chi connectivity index (χ2v) is 15.1. The Labute approximate surface area is 278 Å². The molecule has 1 saturated heterocycles. The van der Waals surface area contributed by atoms with Crippen molar-refractivity contribution in [2.75, 3.05) is 26.2 Å². The fraction of sp³-hybridized carbons (Fsp3) is 0.212. The first-order valence-corrected chi connectivity index (χ1v) is 18.6. The van der Waals surface area contributed by atoms with E-state index in [-0.39, 0.29) is 28.0 Å². The van der Waals surface area contributed by atoms with Crippen LogP contribution in [0.3, 0.4) is 0 Å². The van der Waals surface area contributed by atoms with Crippen LogP contribution < -0.4 is 14.8 Å². The van der Waals surface area contributed by atoms with Gasteiger partial charge in [-0.15, -0.1) is 0 Å². The first-order chi connectivity index (χ1) is 22.9. The molecule has 7 rings (SSSR count). The van der Waals surface area contributed by atoms with E-state index < -0.39 is 48.9 Å². The number of nitrogens with one attached hydrogen (secondary N) is 2. The zero-order valence-electron chi connectivity index (χ0n) is 25.0. The predicted octanol–water partition coefficient (Wildman–Crippen LogP) is 3.28. The van der Waals surface area contributed by atoms with Gasteiger partial charge in [0.25, 0.3) is 0 Å². The van der Waals surface area contributed by atoms with Crippen LogP contribution >= 0.6 is 0 Å². The van der Waals surface area contributed by atoms with Crippen LogP contribution in [0.4, 0.5) is 0 Å². The monoisotopic (exact) mass is 689 g/mol. The van der Waals surface area contributed by atoms with Gasteiger partial charge < -0.3 is 19.7 Å². The summed E-state index contributed by atoms with van der Waals surface area (Å²) < 4.78 is 71.8. The number of benzene rings is 3. The van der Waals surface area contributed by atoms with Crippen LogP contribution in [0.15, 0.2) is 141 Å². The number of aromatic nitrogens is 1. The van der Waals surface area contributed by atoms with Gasteiger partial charge in [0.05, 0.1) is 22.3 Å². The van der Waals surface area contributed by atoms with Crippen LogP contribution in [-0.2, 0) is 36.2 Å². The third kappa shape index (κ3) is 5.64. The highest BCUT2D eigenvalue weighted by Crippen LogP contribution is 2.53. The number of nitrogens with zero attached hydrogens (tertiary/aromatic N) is 3. The zero-order chi connectivity index (χ0) is 32.4. The van der Waals surface area contributed by atoms with Gasteiger partial charge in [-0.3, -0.25) is 14.2 Å². The first kappa shape index (κ1) is 31.2. The van der Waals surface area contributed by atoms with E-state index in [1.807, 2.05) is 6.07 Å². The molecule has 4 aromatic rings. The molecule has 0 saturated carbocycles. The summed E-state index contributed by atoms with van der Waals surface area (Å²) in [6, 6.07) is 28.8. The molecular formula is C33H31N5O6S3. The average Bonchev–Trinajstić information content (AvgIpc) is 3.83. The van der Waals surface area contributed by atoms with Crippen LogP contribution in [-0.4, -0.2) is 69.7 Å². The van der Waals surface area contributed by atoms with Gasteiger partial charge in [-0.2, -0.15) is 0 Å². The van der Waals surface area contributed by atoms with Gasteiger partial charge in [-0.25, -0.2) is 16.8 Å². The summed E-state index contributed by atoms with van der Waals surface area (Å²) in [6.45, 7) is 1.35. The summed E-state index contributed by atoms with van der Waals surface area (Å²) in [6.07, 6.45) is 3.13. The highest BCUT2D eigenvalue weighted by atomic mass is 32.2. The minimum Gasteiger partial charge on any atom is -0.399 e. The third-order valence-corrected chi connectivity index (χ3v) is 12.5. The van der Waals surface area contributed by atoms with Crippen LogP contribution in [0.1, 0.15) is 11.5 Å². The lowest BCUT2D eigenvalue weighted by molar-refractivity contribution is 0.0665. The van der Waals surface area contributed by atoms with Gasteiger partial charge >= 0.3 is 0 Å². The van der Waals surface area contributed by atoms with E-state index in [9.17, 15) is 16.8 Å². The van der Waals surface area contributed by atoms with Crippen LogP contribution in [0.5, 0.6) is 5.75 Å². The maximum Gasteiger partial charge on any atom is 0.233 e. The minimum atomic E-state index is -4.28. The molecule has 242 valence electrons. The van der Waals surface area contributed by atoms with E-state index in [1.165, 1.54) is 12.1 Å². The van der Waals surface area contributed by atoms with E-state index in [0.29, 0.717) is 35.8 Å². The SMILES string of the molecule is O=[S@](O[C@]1(C2=NCCN2)[C@@H]([S@@](=O)Oc2ccccc2)N2CCNC2=C(S(=O)(=O)c2ccccc2)[C@H]1c1cccnc1)c1ccccc1. The number of amidine groups is 1. The van der Waals surface area contributed by atoms with E-state index >= 15 is 0 Å². The number of sulfone groups is 1. The molecule has 0 amide bonds. The number of aliphatic imine (C=N–C) groups is 1. The Morgan fingerprint density at radius 1 is 0.851 bits per heavy atom. The predicted molar refractivity (Wildman–Crippen MR) is 178 cm³/mol. The van der Waals surface area contributed by atoms with Crippen LogP contribution in [0, 0.1) is 0 Å². The van der Waals surface area contributed by atoms with Crippen LogP contribution in [0.2, 0.25) is 0 Å². The second kappa shape index (κ2) is 13.0. The van der Waals surface area contributed by atoms with E-state index in [2.05, 4.69) is 15.6 Å². The molecule has 4 heterocycles. The van der Waals surface area contributed by atoms with E-state index in [0.717, 1.165) is 0 Å². The van der Waals surface area contributed by atoms with E-state index in [4.69, 9.17) is 13.4 Å². The Kier molecular flexibility index (Phi) is 8.66. The quantitative estimate of drug-likeness (QED) is 0.255. The van der Waals surface area contributed by atoms with Crippen molar-refractivity contribution < 1.29 is 25.2 Å². The van der Waals surface area contributed by atoms with Crippen molar-refractivity contribution in [3.05, 3.63) is 132 Å². The van der Waals surface area contributed by atoms with Crippen LogP contribution in [0.25, 0.3) is 0 Å². The maximum absolute atomic E-state index is 14.9. The number of para-hydroxylation sites is 1. The maximum atomic E-state index is 14.9. The van der Waals surface area contributed by atoms with Gasteiger partial charge in [-0.1, -0.05) is 60.7 Å². The summed E-state index contributed by atoms with van der Waals surface area (Å²) in [7, 11) is -4.28. The molecule has 3 aliphatic rings. The summed E-state index contributed by atoms with van der Waals surface area (Å²) in [5.41, 5.74) is -1.52. The van der Waals surface area contributed by atoms with Gasteiger partial charge in [0.2, 0.25) is 20.9 Å². The van der Waals surface area contributed by atoms with Crippen molar-refractivity contribution in [1.29, 1.82) is 0 Å². The van der Waals surface area contributed by atoms with Crippen molar-refractivity contribution in [2.45, 2.75) is 26.7 Å². The van der Waals surface area contributed by atoms with Gasteiger partial charge in [0.1, 0.15) is 22.3 Å². The first-order valence-electron chi connectivity index (χ1n) is 14.9. The molecule has 2 N–H and O–H groups in total. The van der Waals surface area contributed by atoms with Crippen molar-refractivity contribution in [3.8, 4) is 5.75 Å². The summed E-state index contributed by atoms with van der Waals surface area (Å²) >= 11 is -4.41. The van der Waals surface area contributed by atoms with Crippen molar-refractivity contribution in [2.24, 2.45) is 4.99 Å². The lowest BCUT2D eigenvalue weighted by Gasteiger charge is -2.51. The lowest BCUT2D eigenvalue weighted by Crippen LogP contribution is -2.69. The lowest BCUT2D eigenvalue weighted by atomic mass is 9.78. The van der Waals surface area contributed by atoms with E-state index in [1.54, 1.807) is 102 Å². The molecule has 5 atom stereocenters. The fourth-order valence-corrected chi connectivity index (χ4v) is 10.5. The fourth-order valence-electron chi connectivity index (χ4n) is 6.24. The summed E-state index contributed by atoms with van der Waals surface area (Å²) in [5, 5.41) is 5.32. The minimum absolute atomic E-state index is 0.0383. The molecule has 0 aliphatic carbocycles. The summed E-state index contributed by atoms with van der Waals surface area (Å²) in [5.74, 6) is -0.412. The highest BCUT2D eigenvalue weighted by Gasteiger charge is 2.66. The molecule has 0 unspecified atom stereocenters. The van der Waals surface area contributed by atoms with Crippen molar-refractivity contribution in [1.82, 2.24) is 20.5 Å². The molecule has 0 spiro atoms. The van der Waals surface area contributed by atoms with Gasteiger partial charge in [0, 0.05) is 32.0 Å². The Bertz CT molecular complexity index is 1970. The number of fused-ring (bicyclic) bond motifs is 1. The molecule has 0 radical (unpaired) electrons. The second-order valence-electron chi connectivity index (χ2n) is 11.0. The molecule has 11 nitrogen and oxygen atoms in total. The van der Waals surface area contributed by atoms with Crippen molar-refractivity contribution in [3.63, 3.8) is 0 Å². The molecule has 14 heteroatoms. The molecule has 3 aromatic carbocycles. The number of pyridine rings is 1. The molecule has 3 aliphatic heterocycles. The normalized spacial score (nSPS) is 23.7. The average molecular weight is 690 g/mol. The Hall–Kier alpha value is -4.37. The number of hydrogen-bond donors (Lipinski definition) is 2. The third-order valence-electron chi connectivity index (χ3n) is 8.16.